The summed E-state index contributed by atoms with van der Waals surface area (Å²) in [6.07, 6.45) is -2.49. The molecule has 0 bridgehead atoms. The van der Waals surface area contributed by atoms with Gasteiger partial charge in [0.15, 0.2) is 6.10 Å². The Bertz CT molecular complexity index is 493. The molecule has 0 aliphatic carbocycles. The predicted molar refractivity (Wildman–Crippen MR) is 88.3 cm³/mol. The molecule has 24 heavy (non-hydrogen) atoms. The first-order valence-electron chi connectivity index (χ1n) is 7.22. The Balaban J connectivity index is 2.95. The molecular formula is C14H20Cl3NO6. The number of alkyl halides is 3. The predicted octanol–water partition coefficient (Wildman–Crippen LogP) is 2.84. The Labute approximate surface area is 155 Å². The minimum Gasteiger partial charge on any atom is -0.463 e. The molecule has 1 fully saturated rings. The molecule has 0 radical (unpaired) electrons. The molecule has 1 heterocycles. The lowest BCUT2D eigenvalue weighted by Crippen LogP contribution is -2.54. The van der Waals surface area contributed by atoms with Crippen LogP contribution in [0.5, 0.6) is 0 Å². The van der Waals surface area contributed by atoms with E-state index in [9.17, 15) is 9.59 Å². The number of halogens is 3. The fourth-order valence-electron chi connectivity index (χ4n) is 2.28. The summed E-state index contributed by atoms with van der Waals surface area (Å²) in [5.41, 5.74) is 0. The van der Waals surface area contributed by atoms with Crippen LogP contribution in [-0.2, 0) is 28.5 Å². The molecule has 0 saturated carbocycles. The van der Waals surface area contributed by atoms with Gasteiger partial charge < -0.3 is 18.9 Å². The first kappa shape index (κ1) is 21.3. The maximum Gasteiger partial charge on any atom is 0.303 e. The number of rotatable bonds is 4. The summed E-state index contributed by atoms with van der Waals surface area (Å²) in [4.78, 5) is 22.4. The van der Waals surface area contributed by atoms with Crippen molar-refractivity contribution in [2.45, 2.75) is 50.0 Å². The molecule has 0 aromatic rings. The van der Waals surface area contributed by atoms with Gasteiger partial charge in [0.25, 0.3) is 3.79 Å². The van der Waals surface area contributed by atoms with E-state index in [4.69, 9.17) is 59.2 Å². The van der Waals surface area contributed by atoms with Gasteiger partial charge in [-0.05, 0) is 5.92 Å². The molecule has 1 N–H and O–H groups in total. The second kappa shape index (κ2) is 8.56. The van der Waals surface area contributed by atoms with Crippen LogP contribution >= 0.6 is 34.8 Å². The van der Waals surface area contributed by atoms with Gasteiger partial charge in [0.2, 0.25) is 12.2 Å². The average Bonchev–Trinajstić information content (AvgIpc) is 2.43. The lowest BCUT2D eigenvalue weighted by molar-refractivity contribution is -0.258. The Morgan fingerprint density at radius 3 is 2.12 bits per heavy atom. The number of carbonyl (C=O) groups excluding carboxylic acids is 2. The summed E-state index contributed by atoms with van der Waals surface area (Å²) in [5, 5.41) is 7.68. The van der Waals surface area contributed by atoms with E-state index < -0.39 is 40.1 Å². The van der Waals surface area contributed by atoms with E-state index in [1.165, 1.54) is 13.8 Å². The average molecular weight is 405 g/mol. The van der Waals surface area contributed by atoms with Crippen LogP contribution in [-0.4, -0.2) is 46.7 Å². The van der Waals surface area contributed by atoms with Crippen molar-refractivity contribution in [1.29, 1.82) is 5.41 Å². The number of hydrogen-bond acceptors (Lipinski definition) is 7. The summed E-state index contributed by atoms with van der Waals surface area (Å²) in [6.45, 7) is 6.22. The molecule has 0 amide bonds. The number of hydrogen-bond donors (Lipinski definition) is 1. The van der Waals surface area contributed by atoms with Crippen LogP contribution in [0.15, 0.2) is 0 Å². The van der Waals surface area contributed by atoms with Crippen LogP contribution < -0.4 is 0 Å². The third-order valence-electron chi connectivity index (χ3n) is 3.76. The first-order chi connectivity index (χ1) is 10.9. The number of ether oxygens (including phenoxy) is 4. The summed E-state index contributed by atoms with van der Waals surface area (Å²) < 4.78 is 19.1. The van der Waals surface area contributed by atoms with E-state index >= 15 is 0 Å². The van der Waals surface area contributed by atoms with Gasteiger partial charge in [0.05, 0.1) is 6.10 Å². The number of esters is 2. The highest BCUT2D eigenvalue weighted by molar-refractivity contribution is 6.76. The molecule has 1 saturated heterocycles. The lowest BCUT2D eigenvalue weighted by atomic mass is 9.83. The van der Waals surface area contributed by atoms with Gasteiger partial charge in [0.1, 0.15) is 6.61 Å². The molecule has 1 aliphatic heterocycles. The minimum atomic E-state index is -2.08. The molecule has 2 unspecified atom stereocenters. The largest absolute Gasteiger partial charge is 0.463 e. The van der Waals surface area contributed by atoms with Crippen molar-refractivity contribution < 1.29 is 28.5 Å². The minimum absolute atomic E-state index is 0.00536. The Morgan fingerprint density at radius 2 is 1.67 bits per heavy atom. The smallest absolute Gasteiger partial charge is 0.303 e. The maximum absolute atomic E-state index is 11.4. The van der Waals surface area contributed by atoms with Gasteiger partial charge in [-0.25, -0.2) is 0 Å². The van der Waals surface area contributed by atoms with E-state index in [2.05, 4.69) is 0 Å². The van der Waals surface area contributed by atoms with Crippen molar-refractivity contribution in [1.82, 2.24) is 0 Å². The standard InChI is InChI=1S/C14H20Cl3NO6/c1-6-7(2)11(22-9(4)20)12(24-13(18)14(15,16)17)23-10(6)5-21-8(3)19/h6-7,10-12,18H,5H2,1-4H3/t6-,7-,10?,11?,12-/m0/s1. The third-order valence-corrected chi connectivity index (χ3v) is 4.27. The molecule has 5 atom stereocenters. The Kier molecular flexibility index (Phi) is 7.59. The summed E-state index contributed by atoms with van der Waals surface area (Å²) in [7, 11) is 0. The molecule has 0 spiro atoms. The number of nitrogens with one attached hydrogen (secondary N) is 1. The van der Waals surface area contributed by atoms with Crippen molar-refractivity contribution in [2.24, 2.45) is 11.8 Å². The molecule has 10 heteroatoms. The zero-order chi connectivity index (χ0) is 18.7. The topological polar surface area (TPSA) is 94.9 Å². The molecule has 0 aromatic heterocycles. The van der Waals surface area contributed by atoms with E-state index in [1.807, 2.05) is 13.8 Å². The second-order valence-electron chi connectivity index (χ2n) is 5.58. The van der Waals surface area contributed by atoms with Gasteiger partial charge in [0, 0.05) is 19.8 Å². The SMILES string of the molecule is CC(=O)OCC1O[C@@H](OC(=N)C(Cl)(Cl)Cl)C(OC(C)=O)[C@@H](C)[C@@H]1C. The molecule has 138 valence electrons. The van der Waals surface area contributed by atoms with Gasteiger partial charge >= 0.3 is 11.9 Å². The van der Waals surface area contributed by atoms with Gasteiger partial charge in [-0.1, -0.05) is 48.7 Å². The monoisotopic (exact) mass is 403 g/mol. The normalized spacial score (nSPS) is 30.4. The fraction of sp³-hybridized carbons (Fsp3) is 0.786. The first-order valence-corrected chi connectivity index (χ1v) is 8.35. The molecular weight excluding hydrogens is 385 g/mol. The molecule has 1 rings (SSSR count). The highest BCUT2D eigenvalue weighted by Crippen LogP contribution is 2.36. The van der Waals surface area contributed by atoms with Crippen LogP contribution in [0.4, 0.5) is 0 Å². The van der Waals surface area contributed by atoms with Crippen molar-refractivity contribution in [3.05, 3.63) is 0 Å². The van der Waals surface area contributed by atoms with Crippen LogP contribution in [0.2, 0.25) is 0 Å². The second-order valence-corrected chi connectivity index (χ2v) is 7.86. The van der Waals surface area contributed by atoms with Crippen molar-refractivity contribution >= 4 is 52.6 Å². The van der Waals surface area contributed by atoms with Gasteiger partial charge in [-0.3, -0.25) is 15.0 Å². The van der Waals surface area contributed by atoms with Crippen LogP contribution in [0.3, 0.4) is 0 Å². The van der Waals surface area contributed by atoms with Gasteiger partial charge in [-0.2, -0.15) is 0 Å². The highest BCUT2D eigenvalue weighted by atomic mass is 35.6. The van der Waals surface area contributed by atoms with Crippen LogP contribution in [0.1, 0.15) is 27.7 Å². The van der Waals surface area contributed by atoms with Gasteiger partial charge in [-0.15, -0.1) is 0 Å². The van der Waals surface area contributed by atoms with E-state index in [-0.39, 0.29) is 18.4 Å². The van der Waals surface area contributed by atoms with Crippen molar-refractivity contribution in [3.63, 3.8) is 0 Å². The van der Waals surface area contributed by atoms with Crippen LogP contribution in [0, 0.1) is 17.2 Å². The van der Waals surface area contributed by atoms with Crippen LogP contribution in [0.25, 0.3) is 0 Å². The highest BCUT2D eigenvalue weighted by Gasteiger charge is 2.46. The van der Waals surface area contributed by atoms with E-state index in [0.29, 0.717) is 0 Å². The van der Waals surface area contributed by atoms with Crippen molar-refractivity contribution in [2.75, 3.05) is 6.61 Å². The quantitative estimate of drug-likeness (QED) is 0.335. The summed E-state index contributed by atoms with van der Waals surface area (Å²) >= 11 is 16.8. The van der Waals surface area contributed by atoms with E-state index in [0.717, 1.165) is 0 Å². The lowest BCUT2D eigenvalue weighted by Gasteiger charge is -2.43. The molecule has 7 nitrogen and oxygen atoms in total. The fourth-order valence-corrected chi connectivity index (χ4v) is 2.42. The maximum atomic E-state index is 11.4. The Hall–Kier alpha value is -0.760. The Morgan fingerprint density at radius 1 is 1.08 bits per heavy atom. The zero-order valence-electron chi connectivity index (χ0n) is 13.7. The van der Waals surface area contributed by atoms with E-state index in [1.54, 1.807) is 0 Å². The summed E-state index contributed by atoms with van der Waals surface area (Å²) in [6, 6.07) is 0. The van der Waals surface area contributed by atoms with Crippen molar-refractivity contribution in [3.8, 4) is 0 Å². The molecule has 0 aromatic carbocycles. The third kappa shape index (κ3) is 5.95. The molecule has 1 aliphatic rings. The zero-order valence-corrected chi connectivity index (χ0v) is 15.9. The summed E-state index contributed by atoms with van der Waals surface area (Å²) in [5.74, 6) is -1.98. The number of carbonyl (C=O) groups is 2.